The van der Waals surface area contributed by atoms with Crippen LogP contribution >= 0.6 is 15.9 Å². The summed E-state index contributed by atoms with van der Waals surface area (Å²) in [6, 6.07) is 5.82. The number of urea groups is 1. The van der Waals surface area contributed by atoms with E-state index in [1.54, 1.807) is 24.3 Å². The van der Waals surface area contributed by atoms with E-state index in [2.05, 4.69) is 21.2 Å². The number of ketones is 1. The fourth-order valence-corrected chi connectivity index (χ4v) is 2.49. The average Bonchev–Trinajstić information content (AvgIpc) is 2.66. The third kappa shape index (κ3) is 3.69. The van der Waals surface area contributed by atoms with Crippen LogP contribution in [0.2, 0.25) is 0 Å². The topological polar surface area (TPSA) is 66.5 Å². The van der Waals surface area contributed by atoms with Crippen LogP contribution in [0, 0.1) is 5.92 Å². The highest BCUT2D eigenvalue weighted by Crippen LogP contribution is 2.16. The molecule has 2 rings (SSSR count). The van der Waals surface area contributed by atoms with Gasteiger partial charge in [-0.15, -0.1) is 0 Å². The van der Waals surface area contributed by atoms with Crippen molar-refractivity contribution in [3.63, 3.8) is 0 Å². The van der Waals surface area contributed by atoms with E-state index < -0.39 is 12.1 Å². The van der Waals surface area contributed by atoms with Gasteiger partial charge < -0.3 is 5.32 Å². The largest absolute Gasteiger partial charge is 0.326 e. The summed E-state index contributed by atoms with van der Waals surface area (Å²) in [6.45, 7) is 3.74. The molecule has 1 aliphatic rings. The van der Waals surface area contributed by atoms with Gasteiger partial charge in [0.2, 0.25) is 0 Å². The predicted molar refractivity (Wildman–Crippen MR) is 82.0 cm³/mol. The van der Waals surface area contributed by atoms with Crippen LogP contribution < -0.4 is 5.32 Å². The van der Waals surface area contributed by atoms with Gasteiger partial charge in [-0.3, -0.25) is 14.5 Å². The predicted octanol–water partition coefficient (Wildman–Crippen LogP) is 2.60. The lowest BCUT2D eigenvalue weighted by molar-refractivity contribution is -0.127. The van der Waals surface area contributed by atoms with Gasteiger partial charge in [0.25, 0.3) is 5.91 Å². The van der Waals surface area contributed by atoms with Gasteiger partial charge in [-0.05, 0) is 24.5 Å². The molecule has 1 N–H and O–H groups in total. The normalized spacial score (nSPS) is 18.3. The lowest BCUT2D eigenvalue weighted by Crippen LogP contribution is -2.36. The Morgan fingerprint density at radius 1 is 1.29 bits per heavy atom. The SMILES string of the molecule is CC(C)C[C@@H]1NC(=O)N(CC(=O)c2ccc(Br)cc2)C1=O. The van der Waals surface area contributed by atoms with E-state index in [4.69, 9.17) is 0 Å². The summed E-state index contributed by atoms with van der Waals surface area (Å²) in [7, 11) is 0. The zero-order chi connectivity index (χ0) is 15.6. The number of rotatable bonds is 5. The van der Waals surface area contributed by atoms with Crippen molar-refractivity contribution in [3.8, 4) is 0 Å². The molecular formula is C15H17BrN2O3. The maximum absolute atomic E-state index is 12.2. The Kier molecular flexibility index (Phi) is 4.77. The molecule has 0 aliphatic carbocycles. The van der Waals surface area contributed by atoms with E-state index in [0.717, 1.165) is 9.37 Å². The molecule has 0 radical (unpaired) electrons. The molecule has 1 aromatic carbocycles. The lowest BCUT2D eigenvalue weighted by atomic mass is 10.0. The van der Waals surface area contributed by atoms with Crippen LogP contribution in [-0.2, 0) is 4.79 Å². The van der Waals surface area contributed by atoms with Gasteiger partial charge in [-0.25, -0.2) is 4.79 Å². The molecular weight excluding hydrogens is 336 g/mol. The Labute approximate surface area is 131 Å². The van der Waals surface area contributed by atoms with E-state index in [1.807, 2.05) is 13.8 Å². The van der Waals surface area contributed by atoms with Crippen molar-refractivity contribution in [1.29, 1.82) is 0 Å². The first-order valence-corrected chi connectivity index (χ1v) is 7.58. The van der Waals surface area contributed by atoms with Crippen LogP contribution in [0.15, 0.2) is 28.7 Å². The van der Waals surface area contributed by atoms with Crippen LogP contribution in [-0.4, -0.2) is 35.2 Å². The molecule has 5 nitrogen and oxygen atoms in total. The van der Waals surface area contributed by atoms with Crippen LogP contribution in [0.25, 0.3) is 0 Å². The molecule has 21 heavy (non-hydrogen) atoms. The van der Waals surface area contributed by atoms with Gasteiger partial charge in [0.15, 0.2) is 5.78 Å². The maximum Gasteiger partial charge on any atom is 0.325 e. The fraction of sp³-hybridized carbons (Fsp3) is 0.400. The molecule has 0 aromatic heterocycles. The summed E-state index contributed by atoms with van der Waals surface area (Å²) in [5.74, 6) is -0.281. The third-order valence-corrected chi connectivity index (χ3v) is 3.81. The molecule has 0 unspecified atom stereocenters. The number of hydrogen-bond acceptors (Lipinski definition) is 3. The second-order valence-corrected chi connectivity index (χ2v) is 6.40. The van der Waals surface area contributed by atoms with Crippen molar-refractivity contribution < 1.29 is 14.4 Å². The molecule has 3 amide bonds. The molecule has 1 fully saturated rings. The minimum Gasteiger partial charge on any atom is -0.326 e. The van der Waals surface area contributed by atoms with Gasteiger partial charge in [0.05, 0.1) is 6.54 Å². The van der Waals surface area contributed by atoms with Crippen molar-refractivity contribution in [2.24, 2.45) is 5.92 Å². The van der Waals surface area contributed by atoms with E-state index >= 15 is 0 Å². The minimum absolute atomic E-state index is 0.221. The molecule has 0 saturated carbocycles. The van der Waals surface area contributed by atoms with Crippen LogP contribution in [0.3, 0.4) is 0 Å². The first-order valence-electron chi connectivity index (χ1n) is 6.79. The number of hydrogen-bond donors (Lipinski definition) is 1. The molecule has 1 saturated heterocycles. The fourth-order valence-electron chi connectivity index (χ4n) is 2.23. The van der Waals surface area contributed by atoms with Crippen molar-refractivity contribution in [2.75, 3.05) is 6.54 Å². The van der Waals surface area contributed by atoms with Gasteiger partial charge in [-0.2, -0.15) is 0 Å². The van der Waals surface area contributed by atoms with Gasteiger partial charge >= 0.3 is 6.03 Å². The van der Waals surface area contributed by atoms with Crippen molar-refractivity contribution in [3.05, 3.63) is 34.3 Å². The molecule has 6 heteroatoms. The monoisotopic (exact) mass is 352 g/mol. The van der Waals surface area contributed by atoms with E-state index in [9.17, 15) is 14.4 Å². The molecule has 0 spiro atoms. The summed E-state index contributed by atoms with van der Waals surface area (Å²) < 4.78 is 0.867. The molecule has 1 aliphatic heterocycles. The Bertz CT molecular complexity index is 569. The molecule has 1 heterocycles. The Morgan fingerprint density at radius 3 is 2.48 bits per heavy atom. The highest BCUT2D eigenvalue weighted by Gasteiger charge is 2.38. The average molecular weight is 353 g/mol. The number of carbonyl (C=O) groups excluding carboxylic acids is 3. The molecule has 0 bridgehead atoms. The van der Waals surface area contributed by atoms with Crippen LogP contribution in [0.4, 0.5) is 4.79 Å². The first kappa shape index (κ1) is 15.7. The Morgan fingerprint density at radius 2 is 1.90 bits per heavy atom. The number of imide groups is 1. The summed E-state index contributed by atoms with van der Waals surface area (Å²) in [5, 5.41) is 2.63. The third-order valence-electron chi connectivity index (χ3n) is 3.28. The zero-order valence-corrected chi connectivity index (χ0v) is 13.5. The standard InChI is InChI=1S/C15H17BrN2O3/c1-9(2)7-12-14(20)18(15(21)17-12)8-13(19)10-3-5-11(16)6-4-10/h3-6,9,12H,7-8H2,1-2H3,(H,17,21)/t12-/m0/s1. The summed E-state index contributed by atoms with van der Waals surface area (Å²) in [5.41, 5.74) is 0.478. The Hall–Kier alpha value is -1.69. The second-order valence-electron chi connectivity index (χ2n) is 5.49. The van der Waals surface area contributed by atoms with E-state index in [1.165, 1.54) is 0 Å². The van der Waals surface area contributed by atoms with Crippen LogP contribution in [0.1, 0.15) is 30.6 Å². The summed E-state index contributed by atoms with van der Waals surface area (Å²) in [4.78, 5) is 37.1. The van der Waals surface area contributed by atoms with Gasteiger partial charge in [0.1, 0.15) is 6.04 Å². The van der Waals surface area contributed by atoms with Gasteiger partial charge in [-0.1, -0.05) is 41.9 Å². The smallest absolute Gasteiger partial charge is 0.325 e. The summed E-state index contributed by atoms with van der Waals surface area (Å²) >= 11 is 3.29. The number of carbonyl (C=O) groups is 3. The number of halogens is 1. The number of nitrogens with zero attached hydrogens (tertiary/aromatic N) is 1. The highest BCUT2D eigenvalue weighted by molar-refractivity contribution is 9.10. The second kappa shape index (κ2) is 6.39. The number of amides is 3. The van der Waals surface area contributed by atoms with E-state index in [-0.39, 0.29) is 18.2 Å². The Balaban J connectivity index is 2.05. The lowest BCUT2D eigenvalue weighted by Gasteiger charge is -2.13. The number of Topliss-reactive ketones (excluding diaryl/α,β-unsaturated/α-hetero) is 1. The zero-order valence-electron chi connectivity index (χ0n) is 11.9. The molecule has 1 atom stereocenters. The maximum atomic E-state index is 12.2. The highest BCUT2D eigenvalue weighted by atomic mass is 79.9. The van der Waals surface area contributed by atoms with E-state index in [0.29, 0.717) is 17.9 Å². The quantitative estimate of drug-likeness (QED) is 0.654. The molecule has 112 valence electrons. The van der Waals surface area contributed by atoms with Gasteiger partial charge in [0, 0.05) is 10.0 Å². The van der Waals surface area contributed by atoms with Crippen LogP contribution in [0.5, 0.6) is 0 Å². The first-order chi connectivity index (χ1) is 9.88. The van der Waals surface area contributed by atoms with Crippen molar-refractivity contribution >= 4 is 33.7 Å². The number of nitrogens with one attached hydrogen (secondary N) is 1. The minimum atomic E-state index is -0.518. The van der Waals surface area contributed by atoms with Crippen molar-refractivity contribution in [2.45, 2.75) is 26.3 Å². The summed E-state index contributed by atoms with van der Waals surface area (Å²) in [6.07, 6.45) is 0.577. The van der Waals surface area contributed by atoms with Crippen molar-refractivity contribution in [1.82, 2.24) is 10.2 Å². The molecule has 1 aromatic rings. The number of benzene rings is 1.